The van der Waals surface area contributed by atoms with Crippen molar-refractivity contribution in [1.29, 1.82) is 0 Å². The van der Waals surface area contributed by atoms with Crippen LogP contribution < -0.4 is 4.31 Å². The summed E-state index contributed by atoms with van der Waals surface area (Å²) in [5, 5.41) is 7.84. The molecule has 2 aromatic rings. The standard InChI is InChI=1S/C26H30N2O7S/c29-24(27-14-12-21(13-15-27)25(30)31)11-10-20-16-22-8-4-5-9-23(22)28(17-20)36(33,34)26(32)35-18-19-6-2-1-3-7-19/h1-9,20-21H,10-18H2,(H,30,31)/t20-/m1/s1. The lowest BCUT2D eigenvalue weighted by molar-refractivity contribution is -0.145. The Kier molecular flexibility index (Phi) is 7.93. The molecule has 0 radical (unpaired) electrons. The second-order valence-corrected chi connectivity index (χ2v) is 11.0. The number of likely N-dealkylation sites (tertiary alicyclic amines) is 1. The van der Waals surface area contributed by atoms with Gasteiger partial charge in [0.2, 0.25) is 5.91 Å². The maximum Gasteiger partial charge on any atom is 0.445 e. The quantitative estimate of drug-likeness (QED) is 0.562. The van der Waals surface area contributed by atoms with Crippen molar-refractivity contribution in [3.8, 4) is 0 Å². The third kappa shape index (κ3) is 5.87. The van der Waals surface area contributed by atoms with Gasteiger partial charge in [0, 0.05) is 26.1 Å². The number of piperidine rings is 1. The van der Waals surface area contributed by atoms with Crippen LogP contribution >= 0.6 is 0 Å². The minimum absolute atomic E-state index is 0.0608. The Bertz CT molecular complexity index is 1210. The van der Waals surface area contributed by atoms with Gasteiger partial charge in [-0.1, -0.05) is 48.5 Å². The van der Waals surface area contributed by atoms with Crippen LogP contribution in [-0.2, 0) is 37.4 Å². The van der Waals surface area contributed by atoms with Crippen LogP contribution in [0.3, 0.4) is 0 Å². The highest BCUT2D eigenvalue weighted by Gasteiger charge is 2.38. The highest BCUT2D eigenvalue weighted by atomic mass is 32.2. The zero-order valence-corrected chi connectivity index (χ0v) is 20.7. The van der Waals surface area contributed by atoms with Gasteiger partial charge in [-0.3, -0.25) is 13.9 Å². The predicted octanol–water partition coefficient (Wildman–Crippen LogP) is 3.44. The number of carbonyl (C=O) groups excluding carboxylic acids is 2. The molecule has 2 aliphatic rings. The van der Waals surface area contributed by atoms with E-state index < -0.39 is 27.2 Å². The van der Waals surface area contributed by atoms with E-state index in [4.69, 9.17) is 9.84 Å². The number of rotatable bonds is 7. The van der Waals surface area contributed by atoms with E-state index in [9.17, 15) is 22.8 Å². The Hall–Kier alpha value is -3.40. The summed E-state index contributed by atoms with van der Waals surface area (Å²) in [4.78, 5) is 38.2. The molecular formula is C26H30N2O7S. The second-order valence-electron chi connectivity index (χ2n) is 9.29. The van der Waals surface area contributed by atoms with Crippen LogP contribution in [0.15, 0.2) is 54.6 Å². The lowest BCUT2D eigenvalue weighted by atomic mass is 9.90. The van der Waals surface area contributed by atoms with Gasteiger partial charge in [-0.05, 0) is 48.8 Å². The normalized spacial score (nSPS) is 18.4. The minimum atomic E-state index is -4.43. The number of hydrogen-bond donors (Lipinski definition) is 1. The number of carbonyl (C=O) groups is 3. The summed E-state index contributed by atoms with van der Waals surface area (Å²) in [5.74, 6) is -1.46. The number of nitrogens with zero attached hydrogens (tertiary/aromatic N) is 2. The highest BCUT2D eigenvalue weighted by molar-refractivity contribution is 8.06. The van der Waals surface area contributed by atoms with Gasteiger partial charge < -0.3 is 14.7 Å². The molecule has 192 valence electrons. The third-order valence-electron chi connectivity index (χ3n) is 6.86. The zero-order chi connectivity index (χ0) is 25.7. The number of ether oxygens (including phenoxy) is 1. The molecule has 2 aromatic carbocycles. The first-order valence-corrected chi connectivity index (χ1v) is 13.5. The molecule has 1 atom stereocenters. The van der Waals surface area contributed by atoms with E-state index in [1.165, 1.54) is 0 Å². The molecule has 1 saturated heterocycles. The van der Waals surface area contributed by atoms with Crippen molar-refractivity contribution < 1.29 is 32.6 Å². The summed E-state index contributed by atoms with van der Waals surface area (Å²) in [6.45, 7) is 0.757. The van der Waals surface area contributed by atoms with E-state index in [1.807, 2.05) is 18.2 Å². The number of fused-ring (bicyclic) bond motifs is 1. The van der Waals surface area contributed by atoms with Crippen molar-refractivity contribution >= 4 is 32.9 Å². The van der Waals surface area contributed by atoms with Crippen molar-refractivity contribution in [3.63, 3.8) is 0 Å². The van der Waals surface area contributed by atoms with Crippen molar-refractivity contribution in [2.24, 2.45) is 11.8 Å². The molecule has 1 N–H and O–H groups in total. The Morgan fingerprint density at radius 2 is 1.64 bits per heavy atom. The number of aliphatic carboxylic acids is 1. The summed E-state index contributed by atoms with van der Waals surface area (Å²) < 4.78 is 32.7. The molecule has 9 nitrogen and oxygen atoms in total. The van der Waals surface area contributed by atoms with Crippen LogP contribution in [0.5, 0.6) is 0 Å². The fourth-order valence-electron chi connectivity index (χ4n) is 4.80. The van der Waals surface area contributed by atoms with Crippen molar-refractivity contribution in [3.05, 3.63) is 65.7 Å². The van der Waals surface area contributed by atoms with Crippen LogP contribution in [-0.4, -0.2) is 55.2 Å². The Morgan fingerprint density at radius 3 is 2.33 bits per heavy atom. The van der Waals surface area contributed by atoms with Gasteiger partial charge in [-0.25, -0.2) is 4.79 Å². The molecule has 0 unspecified atom stereocenters. The molecule has 36 heavy (non-hydrogen) atoms. The predicted molar refractivity (Wildman–Crippen MR) is 133 cm³/mol. The third-order valence-corrected chi connectivity index (χ3v) is 8.32. The molecule has 4 rings (SSSR count). The van der Waals surface area contributed by atoms with Gasteiger partial charge in [0.25, 0.3) is 0 Å². The topological polar surface area (TPSA) is 121 Å². The average molecular weight is 515 g/mol. The summed E-state index contributed by atoms with van der Waals surface area (Å²) >= 11 is 0. The van der Waals surface area contributed by atoms with Crippen LogP contribution in [0.25, 0.3) is 0 Å². The molecule has 1 amide bonds. The van der Waals surface area contributed by atoms with E-state index in [0.29, 0.717) is 50.0 Å². The fraction of sp³-hybridized carbons (Fsp3) is 0.423. The number of sulfonamides is 1. The number of anilines is 1. The SMILES string of the molecule is O=C(O)C1CCN(C(=O)CC[C@@H]2Cc3ccccc3N(S(=O)(=O)C(=O)OCc3ccccc3)C2)CC1. The number of carboxylic acid groups (broad SMARTS) is 1. The van der Waals surface area contributed by atoms with E-state index in [2.05, 4.69) is 0 Å². The number of hydrogen-bond acceptors (Lipinski definition) is 6. The van der Waals surface area contributed by atoms with Crippen molar-refractivity contribution in [1.82, 2.24) is 4.90 Å². The molecule has 10 heteroatoms. The molecule has 0 bridgehead atoms. The summed E-state index contributed by atoms with van der Waals surface area (Å²) in [7, 11) is -4.43. The average Bonchev–Trinajstić information content (AvgIpc) is 2.90. The van der Waals surface area contributed by atoms with Gasteiger partial charge in [0.05, 0.1) is 11.6 Å². The number of para-hydroxylation sites is 1. The van der Waals surface area contributed by atoms with Crippen molar-refractivity contribution in [2.75, 3.05) is 23.9 Å². The van der Waals surface area contributed by atoms with Crippen molar-refractivity contribution in [2.45, 2.75) is 38.7 Å². The second kappa shape index (κ2) is 11.1. The summed E-state index contributed by atoms with van der Waals surface area (Å²) in [6.07, 6.45) is 2.16. The number of carboxylic acids is 1. The summed E-state index contributed by atoms with van der Waals surface area (Å²) in [6, 6.07) is 15.9. The van der Waals surface area contributed by atoms with Gasteiger partial charge in [-0.15, -0.1) is 0 Å². The van der Waals surface area contributed by atoms with Crippen LogP contribution in [0.1, 0.15) is 36.8 Å². The van der Waals surface area contributed by atoms with Gasteiger partial charge >= 0.3 is 21.3 Å². The Labute approximate surface area is 210 Å². The fourth-order valence-corrected chi connectivity index (χ4v) is 6.03. The van der Waals surface area contributed by atoms with E-state index in [0.717, 1.165) is 9.87 Å². The van der Waals surface area contributed by atoms with Gasteiger partial charge in [0.1, 0.15) is 6.61 Å². The van der Waals surface area contributed by atoms with E-state index in [-0.39, 0.29) is 31.4 Å². The molecule has 1 fully saturated rings. The smallest absolute Gasteiger partial charge is 0.445 e. The molecule has 2 aliphatic heterocycles. The lowest BCUT2D eigenvalue weighted by Crippen LogP contribution is -2.44. The van der Waals surface area contributed by atoms with E-state index in [1.54, 1.807) is 41.3 Å². The monoisotopic (exact) mass is 514 g/mol. The molecule has 0 aromatic heterocycles. The minimum Gasteiger partial charge on any atom is -0.481 e. The first kappa shape index (κ1) is 25.7. The zero-order valence-electron chi connectivity index (χ0n) is 19.9. The molecule has 2 heterocycles. The maximum absolute atomic E-state index is 13.2. The Morgan fingerprint density at radius 1 is 0.972 bits per heavy atom. The molecular weight excluding hydrogens is 484 g/mol. The van der Waals surface area contributed by atoms with Crippen LogP contribution in [0.4, 0.5) is 10.5 Å². The molecule has 0 saturated carbocycles. The largest absolute Gasteiger partial charge is 0.481 e. The maximum atomic E-state index is 13.2. The first-order valence-electron chi connectivity index (χ1n) is 12.1. The first-order chi connectivity index (χ1) is 17.3. The Balaban J connectivity index is 1.40. The van der Waals surface area contributed by atoms with E-state index >= 15 is 0 Å². The van der Waals surface area contributed by atoms with Gasteiger partial charge in [-0.2, -0.15) is 8.42 Å². The van der Waals surface area contributed by atoms with Crippen LogP contribution in [0, 0.1) is 11.8 Å². The lowest BCUT2D eigenvalue weighted by Gasteiger charge is -2.35. The van der Waals surface area contributed by atoms with Crippen LogP contribution in [0.2, 0.25) is 0 Å². The number of amides is 1. The number of benzene rings is 2. The summed E-state index contributed by atoms with van der Waals surface area (Å²) in [5.41, 5.74) is 1.93. The highest BCUT2D eigenvalue weighted by Crippen LogP contribution is 2.34. The molecule has 0 aliphatic carbocycles. The van der Waals surface area contributed by atoms with Gasteiger partial charge in [0.15, 0.2) is 0 Å². The molecule has 0 spiro atoms.